The Balaban J connectivity index is 2.11. The molecule has 0 aliphatic carbocycles. The van der Waals surface area contributed by atoms with Crippen molar-refractivity contribution in [3.8, 4) is 0 Å². The summed E-state index contributed by atoms with van der Waals surface area (Å²) in [6.07, 6.45) is 0.827. The molecule has 8 heteroatoms. The van der Waals surface area contributed by atoms with Gasteiger partial charge in [0.1, 0.15) is 0 Å². The summed E-state index contributed by atoms with van der Waals surface area (Å²) in [5.74, 6) is -1.37. The molecule has 3 unspecified atom stereocenters. The molecule has 1 saturated heterocycles. The topological polar surface area (TPSA) is 107 Å². The van der Waals surface area contributed by atoms with Crippen LogP contribution in [0.3, 0.4) is 0 Å². The number of carboxylic acids is 1. The highest BCUT2D eigenvalue weighted by atomic mass is 32.2. The van der Waals surface area contributed by atoms with Crippen molar-refractivity contribution >= 4 is 23.1 Å². The van der Waals surface area contributed by atoms with Crippen LogP contribution < -0.4 is 0 Å². The lowest BCUT2D eigenvalue weighted by molar-refractivity contribution is -0.144. The van der Waals surface area contributed by atoms with Crippen molar-refractivity contribution in [2.45, 2.75) is 31.1 Å². The molecule has 2 rings (SSSR count). The number of amides is 1. The monoisotopic (exact) mass is 354 g/mol. The minimum Gasteiger partial charge on any atom is -0.772 e. The van der Waals surface area contributed by atoms with Gasteiger partial charge in [-0.25, -0.2) is 4.79 Å². The van der Waals surface area contributed by atoms with Crippen LogP contribution in [-0.4, -0.2) is 50.5 Å². The van der Waals surface area contributed by atoms with Crippen LogP contribution in [0.1, 0.15) is 24.0 Å². The van der Waals surface area contributed by atoms with Crippen molar-refractivity contribution in [2.75, 3.05) is 13.7 Å². The molecule has 24 heavy (non-hydrogen) atoms. The molecule has 0 spiro atoms. The third-order valence-electron chi connectivity index (χ3n) is 4.25. The summed E-state index contributed by atoms with van der Waals surface area (Å²) in [6, 6.07) is 6.81. The van der Waals surface area contributed by atoms with E-state index in [2.05, 4.69) is 0 Å². The van der Waals surface area contributed by atoms with Crippen molar-refractivity contribution < 1.29 is 28.2 Å². The zero-order valence-corrected chi connectivity index (χ0v) is 14.2. The number of carboxylic acid groups (broad SMARTS) is 1. The van der Waals surface area contributed by atoms with E-state index >= 15 is 0 Å². The summed E-state index contributed by atoms with van der Waals surface area (Å²) >= 11 is -2.14. The van der Waals surface area contributed by atoms with E-state index in [1.807, 2.05) is 12.1 Å². The highest BCUT2D eigenvalue weighted by Gasteiger charge is 2.35. The lowest BCUT2D eigenvalue weighted by Crippen LogP contribution is -2.48. The summed E-state index contributed by atoms with van der Waals surface area (Å²) in [7, 11) is 1.31. The quantitative estimate of drug-likeness (QED) is 0.804. The summed E-state index contributed by atoms with van der Waals surface area (Å²) in [6.45, 7) is 0.349. The zero-order valence-electron chi connectivity index (χ0n) is 13.3. The molecule has 3 atom stereocenters. The maximum absolute atomic E-state index is 11.9. The number of carbonyl (C=O) groups is 2. The molecule has 1 fully saturated rings. The fourth-order valence-corrected chi connectivity index (χ4v) is 3.47. The van der Waals surface area contributed by atoms with Crippen LogP contribution in [0.15, 0.2) is 24.3 Å². The number of piperidine rings is 1. The molecule has 0 aromatic heterocycles. The minimum atomic E-state index is -2.14. The first-order valence-corrected chi connectivity index (χ1v) is 8.86. The first-order valence-electron chi connectivity index (χ1n) is 7.61. The predicted molar refractivity (Wildman–Crippen MR) is 86.0 cm³/mol. The van der Waals surface area contributed by atoms with Gasteiger partial charge in [0.2, 0.25) is 0 Å². The Kier molecular flexibility index (Phi) is 6.33. The maximum Gasteiger partial charge on any atom is 0.409 e. The lowest BCUT2D eigenvalue weighted by Gasteiger charge is -2.37. The van der Waals surface area contributed by atoms with Crippen LogP contribution in [-0.2, 0) is 32.8 Å². The third kappa shape index (κ3) is 4.78. The van der Waals surface area contributed by atoms with Crippen LogP contribution in [0.2, 0.25) is 0 Å². The van der Waals surface area contributed by atoms with Crippen molar-refractivity contribution in [3.63, 3.8) is 0 Å². The van der Waals surface area contributed by atoms with Gasteiger partial charge in [0, 0.05) is 18.3 Å². The van der Waals surface area contributed by atoms with Gasteiger partial charge in [-0.05, 0) is 30.4 Å². The summed E-state index contributed by atoms with van der Waals surface area (Å²) in [5.41, 5.74) is 1.60. The van der Waals surface area contributed by atoms with Gasteiger partial charge in [-0.15, -0.1) is 0 Å². The molecule has 0 radical (unpaired) electrons. The van der Waals surface area contributed by atoms with E-state index in [4.69, 9.17) is 4.74 Å². The van der Waals surface area contributed by atoms with Crippen LogP contribution in [0, 0.1) is 5.92 Å². The van der Waals surface area contributed by atoms with Crippen LogP contribution >= 0.6 is 0 Å². The first kappa shape index (κ1) is 18.4. The number of rotatable bonds is 5. The molecule has 7 nitrogen and oxygen atoms in total. The highest BCUT2D eigenvalue weighted by molar-refractivity contribution is 7.78. The normalized spacial score (nSPS) is 22.0. The van der Waals surface area contributed by atoms with Gasteiger partial charge < -0.3 is 19.3 Å². The largest absolute Gasteiger partial charge is 0.772 e. The molecule has 1 heterocycles. The molecule has 1 aliphatic rings. The van der Waals surface area contributed by atoms with Gasteiger partial charge in [0.25, 0.3) is 0 Å². The van der Waals surface area contributed by atoms with E-state index in [9.17, 15) is 23.5 Å². The second-order valence-corrected chi connectivity index (χ2v) is 6.74. The third-order valence-corrected chi connectivity index (χ3v) is 4.82. The Morgan fingerprint density at radius 1 is 1.33 bits per heavy atom. The van der Waals surface area contributed by atoms with Gasteiger partial charge in [0.15, 0.2) is 0 Å². The second kappa shape index (κ2) is 8.25. The van der Waals surface area contributed by atoms with Gasteiger partial charge in [0.05, 0.1) is 13.0 Å². The number of nitrogens with zero attached hydrogens (tertiary/aromatic N) is 1. The van der Waals surface area contributed by atoms with Crippen LogP contribution in [0.5, 0.6) is 0 Å². The number of benzene rings is 1. The van der Waals surface area contributed by atoms with E-state index in [1.54, 1.807) is 17.0 Å². The number of carbonyl (C=O) groups excluding carboxylic acids is 1. The highest BCUT2D eigenvalue weighted by Crippen LogP contribution is 2.26. The standard InChI is InChI=1S/C16H21NO6S/c1-23-16(20)17-7-6-13(15(18)19)9-14(17)8-11-2-4-12(5-3-11)10-24(21)22/h2-5,13-14H,6-10H2,1H3,(H,18,19)(H,21,22)/p-1. The van der Waals surface area contributed by atoms with Crippen molar-refractivity contribution in [1.29, 1.82) is 0 Å². The minimum absolute atomic E-state index is 0.0426. The Labute approximate surface area is 142 Å². The van der Waals surface area contributed by atoms with E-state index in [0.717, 1.165) is 5.56 Å². The van der Waals surface area contributed by atoms with E-state index < -0.39 is 29.1 Å². The van der Waals surface area contributed by atoms with Gasteiger partial charge in [-0.2, -0.15) is 0 Å². The summed E-state index contributed by atoms with van der Waals surface area (Å²) in [4.78, 5) is 24.7. The Hall–Kier alpha value is -1.93. The maximum atomic E-state index is 11.9. The first-order chi connectivity index (χ1) is 11.4. The number of hydrogen-bond donors (Lipinski definition) is 1. The van der Waals surface area contributed by atoms with Gasteiger partial charge >= 0.3 is 12.1 Å². The zero-order chi connectivity index (χ0) is 17.7. The fraction of sp³-hybridized carbons (Fsp3) is 0.500. The lowest BCUT2D eigenvalue weighted by atomic mass is 9.88. The number of hydrogen-bond acceptors (Lipinski definition) is 5. The number of aliphatic carboxylic acids is 1. The van der Waals surface area contributed by atoms with Crippen LogP contribution in [0.4, 0.5) is 4.79 Å². The molecule has 1 aliphatic heterocycles. The fourth-order valence-electron chi connectivity index (χ4n) is 3.01. The van der Waals surface area contributed by atoms with E-state index in [1.165, 1.54) is 7.11 Å². The SMILES string of the molecule is COC(=O)N1CCC(C(=O)O)CC1Cc1ccc(CS(=O)[O-])cc1. The molecular formula is C16H20NO6S-. The predicted octanol–water partition coefficient (Wildman–Crippen LogP) is 1.54. The Bertz CT molecular complexity index is 617. The molecule has 132 valence electrons. The van der Waals surface area contributed by atoms with E-state index in [-0.39, 0.29) is 11.8 Å². The molecular weight excluding hydrogens is 334 g/mol. The molecule has 1 aromatic carbocycles. The van der Waals surface area contributed by atoms with Crippen molar-refractivity contribution in [2.24, 2.45) is 5.92 Å². The molecule has 0 saturated carbocycles. The molecule has 1 amide bonds. The number of methoxy groups -OCH3 is 1. The van der Waals surface area contributed by atoms with E-state index in [0.29, 0.717) is 31.4 Å². The second-order valence-electron chi connectivity index (χ2n) is 5.85. The van der Waals surface area contributed by atoms with Crippen molar-refractivity contribution in [3.05, 3.63) is 35.4 Å². The molecule has 1 N–H and O–H groups in total. The summed E-state index contributed by atoms with van der Waals surface area (Å²) < 4.78 is 26.2. The Morgan fingerprint density at radius 2 is 1.96 bits per heavy atom. The number of likely N-dealkylation sites (tertiary alicyclic amines) is 1. The smallest absolute Gasteiger partial charge is 0.409 e. The average Bonchev–Trinajstić information content (AvgIpc) is 2.55. The van der Waals surface area contributed by atoms with Crippen molar-refractivity contribution in [1.82, 2.24) is 4.90 Å². The molecule has 0 bridgehead atoms. The Morgan fingerprint density at radius 3 is 2.50 bits per heavy atom. The average molecular weight is 354 g/mol. The van der Waals surface area contributed by atoms with Gasteiger partial charge in [-0.1, -0.05) is 35.3 Å². The summed E-state index contributed by atoms with van der Waals surface area (Å²) in [5, 5.41) is 9.23. The van der Waals surface area contributed by atoms with Crippen LogP contribution in [0.25, 0.3) is 0 Å². The number of ether oxygens (including phenoxy) is 1. The van der Waals surface area contributed by atoms with Gasteiger partial charge in [-0.3, -0.25) is 9.00 Å². The molecule has 1 aromatic rings.